The third kappa shape index (κ3) is 4.11. The number of carbonyl (C=O) groups excluding carboxylic acids is 2. The maximum atomic E-state index is 12.2. The number of hydrogen-bond donors (Lipinski definition) is 1. The summed E-state index contributed by atoms with van der Waals surface area (Å²) < 4.78 is 11.0. The topological polar surface area (TPSA) is 66.5 Å². The van der Waals surface area contributed by atoms with Crippen LogP contribution in [0.15, 0.2) is 0 Å². The average Bonchev–Trinajstić information content (AvgIpc) is 2.37. The molecule has 2 unspecified atom stereocenters. The van der Waals surface area contributed by atoms with Gasteiger partial charge in [-0.25, -0.2) is 0 Å². The van der Waals surface area contributed by atoms with Crippen molar-refractivity contribution >= 4 is 22.6 Å². The molecule has 1 N–H and O–H groups in total. The van der Waals surface area contributed by atoms with E-state index < -0.39 is 16.8 Å². The summed E-state index contributed by atoms with van der Waals surface area (Å²) in [5.74, 6) is 0.387. The zero-order valence-corrected chi connectivity index (χ0v) is 11.4. The molecule has 0 spiro atoms. The Hall–Kier alpha value is -0.910. The fourth-order valence-electron chi connectivity index (χ4n) is 1.76. The van der Waals surface area contributed by atoms with Crippen LogP contribution in [0.1, 0.15) is 20.3 Å². The minimum atomic E-state index is -0.918. The number of carbonyl (C=O) groups is 2. The van der Waals surface area contributed by atoms with Gasteiger partial charge in [-0.15, -0.1) is 0 Å². The molecule has 1 heterocycles. The van der Waals surface area contributed by atoms with Gasteiger partial charge in [0, 0.05) is 42.3 Å². The summed E-state index contributed by atoms with van der Waals surface area (Å²) >= 11 is 0. The molecule has 0 aromatic rings. The van der Waals surface area contributed by atoms with E-state index in [0.29, 0.717) is 25.3 Å². The summed E-state index contributed by atoms with van der Waals surface area (Å²) in [5, 5.41) is 2.74. The maximum absolute atomic E-state index is 12.2. The molecule has 2 amide bonds. The predicted octanol–water partition coefficient (Wildman–Crippen LogP) is -0.262. The van der Waals surface area contributed by atoms with E-state index in [4.69, 9.17) is 0 Å². The van der Waals surface area contributed by atoms with E-state index >= 15 is 0 Å². The van der Waals surface area contributed by atoms with Gasteiger partial charge in [0.15, 0.2) is 0 Å². The smallest absolute Gasteiger partial charge is 0.245 e. The maximum Gasteiger partial charge on any atom is 0.245 e. The standard InChI is InChI=1S/C11H20N2O3S/c1-8(2)10-11(15)13(6-7-17(3)16)5-4-9(14)12-10/h8,10H,4-7H2,1-3H3,(H,12,14). The number of amides is 2. The molecule has 0 aromatic heterocycles. The Labute approximate surface area is 104 Å². The number of hydrogen-bond acceptors (Lipinski definition) is 3. The van der Waals surface area contributed by atoms with Crippen molar-refractivity contribution in [3.05, 3.63) is 0 Å². The first-order chi connectivity index (χ1) is 7.91. The molecule has 5 nitrogen and oxygen atoms in total. The first kappa shape index (κ1) is 14.2. The molecule has 98 valence electrons. The molecule has 2 atom stereocenters. The second-order valence-electron chi connectivity index (χ2n) is 4.64. The predicted molar refractivity (Wildman–Crippen MR) is 66.9 cm³/mol. The SMILES string of the molecule is CC(C)C1NC(=O)CCN(CCS(C)=O)C1=O. The highest BCUT2D eigenvalue weighted by Gasteiger charge is 2.31. The van der Waals surface area contributed by atoms with Gasteiger partial charge in [0.25, 0.3) is 0 Å². The molecule has 0 bridgehead atoms. The van der Waals surface area contributed by atoms with Crippen molar-refractivity contribution in [1.82, 2.24) is 10.2 Å². The zero-order valence-electron chi connectivity index (χ0n) is 10.6. The molecule has 17 heavy (non-hydrogen) atoms. The van der Waals surface area contributed by atoms with Crippen LogP contribution in [0.5, 0.6) is 0 Å². The Morgan fingerprint density at radius 2 is 2.12 bits per heavy atom. The highest BCUT2D eigenvalue weighted by molar-refractivity contribution is 7.84. The number of nitrogens with zero attached hydrogens (tertiary/aromatic N) is 1. The molecular formula is C11H20N2O3S. The Balaban J connectivity index is 2.72. The number of rotatable bonds is 4. The molecule has 0 aromatic carbocycles. The van der Waals surface area contributed by atoms with Gasteiger partial charge in [0.05, 0.1) is 0 Å². The summed E-state index contributed by atoms with van der Waals surface area (Å²) in [7, 11) is -0.918. The molecule has 1 fully saturated rings. The summed E-state index contributed by atoms with van der Waals surface area (Å²) in [6, 6.07) is -0.449. The first-order valence-corrected chi connectivity index (χ1v) is 7.52. The quantitative estimate of drug-likeness (QED) is 0.757. The van der Waals surface area contributed by atoms with Crippen LogP contribution >= 0.6 is 0 Å². The first-order valence-electron chi connectivity index (χ1n) is 5.80. The summed E-state index contributed by atoms with van der Waals surface area (Å²) in [6.45, 7) is 4.69. The van der Waals surface area contributed by atoms with E-state index in [1.165, 1.54) is 0 Å². The van der Waals surface area contributed by atoms with Crippen LogP contribution in [0.3, 0.4) is 0 Å². The molecule has 1 aliphatic rings. The van der Waals surface area contributed by atoms with Crippen molar-refractivity contribution in [3.8, 4) is 0 Å². The van der Waals surface area contributed by atoms with E-state index in [2.05, 4.69) is 5.32 Å². The molecule has 6 heteroatoms. The lowest BCUT2D eigenvalue weighted by Gasteiger charge is -2.25. The molecule has 1 saturated heterocycles. The van der Waals surface area contributed by atoms with E-state index in [0.717, 1.165) is 0 Å². The molecule has 0 saturated carbocycles. The van der Waals surface area contributed by atoms with Gasteiger partial charge >= 0.3 is 0 Å². The summed E-state index contributed by atoms with van der Waals surface area (Å²) in [4.78, 5) is 25.3. The minimum absolute atomic E-state index is 0.0590. The summed E-state index contributed by atoms with van der Waals surface area (Å²) in [5.41, 5.74) is 0. The monoisotopic (exact) mass is 260 g/mol. The Morgan fingerprint density at radius 1 is 1.47 bits per heavy atom. The van der Waals surface area contributed by atoms with Gasteiger partial charge in [-0.05, 0) is 5.92 Å². The highest BCUT2D eigenvalue weighted by atomic mass is 32.2. The molecule has 1 aliphatic heterocycles. The summed E-state index contributed by atoms with van der Waals surface area (Å²) in [6.07, 6.45) is 1.94. The second-order valence-corrected chi connectivity index (χ2v) is 6.20. The van der Waals surface area contributed by atoms with Crippen LogP contribution in [0.25, 0.3) is 0 Å². The highest BCUT2D eigenvalue weighted by Crippen LogP contribution is 2.10. The van der Waals surface area contributed by atoms with Gasteiger partial charge in [-0.1, -0.05) is 13.8 Å². The normalized spacial score (nSPS) is 23.5. The van der Waals surface area contributed by atoms with Crippen molar-refractivity contribution in [3.63, 3.8) is 0 Å². The molecule has 1 rings (SSSR count). The van der Waals surface area contributed by atoms with Crippen LogP contribution in [0.4, 0.5) is 0 Å². The van der Waals surface area contributed by atoms with E-state index in [9.17, 15) is 13.8 Å². The third-order valence-electron chi connectivity index (χ3n) is 2.82. The van der Waals surface area contributed by atoms with Gasteiger partial charge in [0.1, 0.15) is 6.04 Å². The van der Waals surface area contributed by atoms with Crippen LogP contribution in [-0.4, -0.2) is 52.1 Å². The average molecular weight is 260 g/mol. The van der Waals surface area contributed by atoms with E-state index in [1.807, 2.05) is 13.8 Å². The van der Waals surface area contributed by atoms with Crippen molar-refractivity contribution in [1.29, 1.82) is 0 Å². The van der Waals surface area contributed by atoms with Gasteiger partial charge < -0.3 is 10.2 Å². The van der Waals surface area contributed by atoms with Gasteiger partial charge in [-0.2, -0.15) is 0 Å². The van der Waals surface area contributed by atoms with Crippen LogP contribution < -0.4 is 5.32 Å². The van der Waals surface area contributed by atoms with E-state index in [-0.39, 0.29) is 17.7 Å². The minimum Gasteiger partial charge on any atom is -0.344 e. The third-order valence-corrected chi connectivity index (χ3v) is 3.58. The lowest BCUT2D eigenvalue weighted by Crippen LogP contribution is -2.48. The zero-order chi connectivity index (χ0) is 13.0. The molecule has 0 aliphatic carbocycles. The molecule has 0 radical (unpaired) electrons. The molecular weight excluding hydrogens is 240 g/mol. The van der Waals surface area contributed by atoms with Crippen LogP contribution in [0.2, 0.25) is 0 Å². The van der Waals surface area contributed by atoms with Gasteiger partial charge in [0.2, 0.25) is 11.8 Å². The van der Waals surface area contributed by atoms with Gasteiger partial charge in [-0.3, -0.25) is 13.8 Å². The van der Waals surface area contributed by atoms with Crippen molar-refractivity contribution in [2.24, 2.45) is 5.92 Å². The second kappa shape index (κ2) is 6.14. The lowest BCUT2D eigenvalue weighted by molar-refractivity contribution is -0.134. The lowest BCUT2D eigenvalue weighted by atomic mass is 10.0. The number of nitrogens with one attached hydrogen (secondary N) is 1. The largest absolute Gasteiger partial charge is 0.344 e. The fourth-order valence-corrected chi connectivity index (χ4v) is 2.24. The van der Waals surface area contributed by atoms with E-state index in [1.54, 1.807) is 11.2 Å². The fraction of sp³-hybridized carbons (Fsp3) is 0.818. The van der Waals surface area contributed by atoms with Crippen molar-refractivity contribution in [2.45, 2.75) is 26.3 Å². The van der Waals surface area contributed by atoms with Crippen molar-refractivity contribution < 1.29 is 13.8 Å². The Bertz CT molecular complexity index is 331. The van der Waals surface area contributed by atoms with Crippen LogP contribution in [-0.2, 0) is 20.4 Å². The van der Waals surface area contributed by atoms with Crippen molar-refractivity contribution in [2.75, 3.05) is 25.1 Å². The van der Waals surface area contributed by atoms with Crippen LogP contribution in [0, 0.1) is 5.92 Å². The Kier molecular flexibility index (Phi) is 5.11. The Morgan fingerprint density at radius 3 is 2.65 bits per heavy atom.